The van der Waals surface area contributed by atoms with Gasteiger partial charge in [-0.15, -0.1) is 0 Å². The van der Waals surface area contributed by atoms with E-state index in [1.54, 1.807) is 30.3 Å². The molecule has 57 heavy (non-hydrogen) atoms. The lowest BCUT2D eigenvalue weighted by atomic mass is 9.98. The molecule has 0 bridgehead atoms. The number of carboxylic acids is 2. The van der Waals surface area contributed by atoms with Gasteiger partial charge in [-0.2, -0.15) is 0 Å². The maximum Gasteiger partial charge on any atom is 0.326 e. The number of amides is 3. The summed E-state index contributed by atoms with van der Waals surface area (Å²) in [4.78, 5) is 111. The number of aliphatic carboxylic acids is 2. The predicted octanol–water partition coefficient (Wildman–Crippen LogP) is -0.242. The summed E-state index contributed by atoms with van der Waals surface area (Å²) in [6, 6.07) is 5.12. The summed E-state index contributed by atoms with van der Waals surface area (Å²) in [7, 11) is 0. The number of nitrogens with two attached hydrogens (primary N) is 1. The molecule has 5 unspecified atom stereocenters. The lowest BCUT2D eigenvalue weighted by Crippen LogP contribution is -2.63. The molecule has 1 heterocycles. The van der Waals surface area contributed by atoms with Crippen molar-refractivity contribution in [2.24, 2.45) is 5.73 Å². The second-order valence-corrected chi connectivity index (χ2v) is 12.7. The van der Waals surface area contributed by atoms with Gasteiger partial charge >= 0.3 is 35.8 Å². The Hall–Kier alpha value is -6.19. The highest BCUT2D eigenvalue weighted by molar-refractivity contribution is 6.14. The molecule has 0 spiro atoms. The lowest BCUT2D eigenvalue weighted by Gasteiger charge is -2.44. The second-order valence-electron chi connectivity index (χ2n) is 12.7. The van der Waals surface area contributed by atoms with Crippen LogP contribution in [0.4, 0.5) is 5.69 Å². The standard InChI is InChI=1S/C36H44N4O17/c1-16(32(47)39-24-11-10-21-8-6-7-9-22(21)28(24)34(49)40-25(35(50)51)12-13-27(45)46)38-33(48)23(37)14-53-36-31(56-20(5)44)30(55-19(4)43)29(54-18(3)42)26(57-36)15-52-17(2)41/h6-11,16,23,25-26,29-31,36H,12-15,37H2,1-5H3,(H,38,48)(H,39,47)(H,40,49)(H,45,46)(H,50,51)/t16-,23+,25?,26?,29?,30?,31?,36-/m1/s1. The van der Waals surface area contributed by atoms with Crippen molar-refractivity contribution >= 4 is 70.0 Å². The molecule has 3 rings (SSSR count). The van der Waals surface area contributed by atoms with Crippen LogP contribution in [-0.2, 0) is 66.8 Å². The predicted molar refractivity (Wildman–Crippen MR) is 192 cm³/mol. The molecule has 7 N–H and O–H groups in total. The monoisotopic (exact) mass is 804 g/mol. The van der Waals surface area contributed by atoms with E-state index in [2.05, 4.69) is 16.0 Å². The van der Waals surface area contributed by atoms with Crippen molar-refractivity contribution in [2.75, 3.05) is 18.5 Å². The number of hydrogen-bond donors (Lipinski definition) is 6. The number of ether oxygens (including phenoxy) is 6. The largest absolute Gasteiger partial charge is 0.481 e. The van der Waals surface area contributed by atoms with Crippen molar-refractivity contribution in [1.82, 2.24) is 10.6 Å². The highest BCUT2D eigenvalue weighted by Gasteiger charge is 2.53. The van der Waals surface area contributed by atoms with E-state index in [0.717, 1.165) is 27.7 Å². The summed E-state index contributed by atoms with van der Waals surface area (Å²) in [5, 5.41) is 26.7. The van der Waals surface area contributed by atoms with Crippen LogP contribution in [0.15, 0.2) is 36.4 Å². The topological polar surface area (TPSA) is 312 Å². The van der Waals surface area contributed by atoms with E-state index in [-0.39, 0.29) is 11.3 Å². The van der Waals surface area contributed by atoms with E-state index in [1.807, 2.05) is 0 Å². The van der Waals surface area contributed by atoms with Crippen LogP contribution in [-0.4, -0.2) is 126 Å². The lowest BCUT2D eigenvalue weighted by molar-refractivity contribution is -0.308. The molecule has 0 radical (unpaired) electrons. The fourth-order valence-electron chi connectivity index (χ4n) is 5.60. The number of hydrogen-bond acceptors (Lipinski definition) is 16. The molecule has 3 amide bonds. The van der Waals surface area contributed by atoms with E-state index in [4.69, 9.17) is 39.3 Å². The number of anilines is 1. The number of nitrogens with one attached hydrogen (secondary N) is 3. The van der Waals surface area contributed by atoms with Gasteiger partial charge in [0, 0.05) is 34.1 Å². The minimum atomic E-state index is -1.63. The average Bonchev–Trinajstić information content (AvgIpc) is 3.12. The van der Waals surface area contributed by atoms with Crippen LogP contribution in [0.5, 0.6) is 0 Å². The molecule has 1 aliphatic rings. The summed E-state index contributed by atoms with van der Waals surface area (Å²) >= 11 is 0. The summed E-state index contributed by atoms with van der Waals surface area (Å²) in [5.41, 5.74) is 5.88. The van der Waals surface area contributed by atoms with Gasteiger partial charge in [-0.1, -0.05) is 30.3 Å². The fourth-order valence-corrected chi connectivity index (χ4v) is 5.60. The zero-order chi connectivity index (χ0) is 42.6. The van der Waals surface area contributed by atoms with Crippen molar-refractivity contribution in [3.63, 3.8) is 0 Å². The van der Waals surface area contributed by atoms with Crippen LogP contribution in [0.3, 0.4) is 0 Å². The molecule has 2 aromatic rings. The third kappa shape index (κ3) is 13.2. The van der Waals surface area contributed by atoms with Crippen LogP contribution >= 0.6 is 0 Å². The van der Waals surface area contributed by atoms with Gasteiger partial charge < -0.3 is 60.3 Å². The number of fused-ring (bicyclic) bond motifs is 1. The molecule has 1 fully saturated rings. The average molecular weight is 805 g/mol. The van der Waals surface area contributed by atoms with Crippen LogP contribution < -0.4 is 21.7 Å². The Morgan fingerprint density at radius 2 is 1.40 bits per heavy atom. The van der Waals surface area contributed by atoms with Gasteiger partial charge in [0.05, 0.1) is 17.9 Å². The Labute approximate surface area is 324 Å². The highest BCUT2D eigenvalue weighted by atomic mass is 16.7. The number of benzene rings is 2. The van der Waals surface area contributed by atoms with Gasteiger partial charge in [0.25, 0.3) is 5.91 Å². The molecule has 2 aromatic carbocycles. The van der Waals surface area contributed by atoms with Gasteiger partial charge in [0.2, 0.25) is 11.8 Å². The molecule has 0 saturated carbocycles. The van der Waals surface area contributed by atoms with Crippen LogP contribution in [0.2, 0.25) is 0 Å². The zero-order valence-corrected chi connectivity index (χ0v) is 31.5. The Morgan fingerprint density at radius 3 is 2.00 bits per heavy atom. The minimum Gasteiger partial charge on any atom is -0.481 e. The van der Waals surface area contributed by atoms with E-state index >= 15 is 0 Å². The van der Waals surface area contributed by atoms with Crippen molar-refractivity contribution in [3.05, 3.63) is 42.0 Å². The molecule has 310 valence electrons. The summed E-state index contributed by atoms with van der Waals surface area (Å²) < 4.78 is 32.5. The highest BCUT2D eigenvalue weighted by Crippen LogP contribution is 2.30. The molecular weight excluding hydrogens is 760 g/mol. The second kappa shape index (κ2) is 20.6. The van der Waals surface area contributed by atoms with Crippen molar-refractivity contribution < 1.29 is 81.8 Å². The first-order valence-electron chi connectivity index (χ1n) is 17.3. The molecule has 8 atom stereocenters. The van der Waals surface area contributed by atoms with Gasteiger partial charge in [-0.05, 0) is 30.2 Å². The molecule has 0 aliphatic carbocycles. The van der Waals surface area contributed by atoms with E-state index in [1.165, 1.54) is 13.0 Å². The molecule has 1 aliphatic heterocycles. The molecule has 0 aromatic heterocycles. The van der Waals surface area contributed by atoms with Gasteiger partial charge in [0.15, 0.2) is 24.6 Å². The number of carboxylic acid groups (broad SMARTS) is 2. The summed E-state index contributed by atoms with van der Waals surface area (Å²) in [6.45, 7) is 4.34. The van der Waals surface area contributed by atoms with Crippen molar-refractivity contribution in [3.8, 4) is 0 Å². The number of carbonyl (C=O) groups excluding carboxylic acids is 7. The maximum atomic E-state index is 13.5. The SMILES string of the molecule is CC(=O)OCC1O[C@@H](OC[C@H](N)C(=O)N[C@H](C)C(=O)Nc2ccc3ccccc3c2C(=O)NC(CCC(=O)O)C(=O)O)C(OC(C)=O)C(OC(C)=O)C1OC(C)=O. The molecule has 21 nitrogen and oxygen atoms in total. The zero-order valence-electron chi connectivity index (χ0n) is 31.5. The van der Waals surface area contributed by atoms with Gasteiger partial charge in [0.1, 0.15) is 30.8 Å². The maximum absolute atomic E-state index is 13.5. The number of rotatable bonds is 18. The van der Waals surface area contributed by atoms with Crippen LogP contribution in [0.25, 0.3) is 10.8 Å². The van der Waals surface area contributed by atoms with E-state index in [9.17, 15) is 48.3 Å². The Bertz CT molecular complexity index is 1870. The van der Waals surface area contributed by atoms with Crippen LogP contribution in [0.1, 0.15) is 57.8 Å². The summed E-state index contributed by atoms with van der Waals surface area (Å²) in [6.07, 6.45) is -8.48. The van der Waals surface area contributed by atoms with E-state index < -0.39 is 128 Å². The fraction of sp³-hybridized carbons (Fsp3) is 0.472. The first kappa shape index (κ1) is 45.2. The number of esters is 4. The smallest absolute Gasteiger partial charge is 0.326 e. The van der Waals surface area contributed by atoms with Crippen LogP contribution in [0, 0.1) is 0 Å². The first-order valence-corrected chi connectivity index (χ1v) is 17.3. The minimum absolute atomic E-state index is 0.0593. The van der Waals surface area contributed by atoms with Gasteiger partial charge in [-0.25, -0.2) is 4.79 Å². The van der Waals surface area contributed by atoms with E-state index in [0.29, 0.717) is 10.8 Å². The first-order chi connectivity index (χ1) is 26.8. The van der Waals surface area contributed by atoms with Crippen molar-refractivity contribution in [1.29, 1.82) is 0 Å². The molecule has 21 heteroatoms. The Kier molecular flexibility index (Phi) is 16.4. The van der Waals surface area contributed by atoms with Gasteiger partial charge in [-0.3, -0.25) is 38.4 Å². The molecule has 1 saturated heterocycles. The van der Waals surface area contributed by atoms with Crippen molar-refractivity contribution in [2.45, 2.75) is 96.3 Å². The Morgan fingerprint density at radius 1 is 0.789 bits per heavy atom. The number of carbonyl (C=O) groups is 9. The molecular formula is C36H44N4O17. The third-order valence-corrected chi connectivity index (χ3v) is 8.14. The Balaban J connectivity index is 1.78. The third-order valence-electron chi connectivity index (χ3n) is 8.14. The summed E-state index contributed by atoms with van der Waals surface area (Å²) in [5.74, 6) is -8.75. The normalized spacial score (nSPS) is 20.4. The quantitative estimate of drug-likeness (QED) is 0.0836.